The molecule has 2 aliphatic carbocycles. The van der Waals surface area contributed by atoms with Crippen molar-refractivity contribution >= 4 is 0 Å². The highest BCUT2D eigenvalue weighted by Gasteiger charge is 2.50. The quantitative estimate of drug-likeness (QED) is 0.848. The van der Waals surface area contributed by atoms with E-state index < -0.39 is 24.2 Å². The van der Waals surface area contributed by atoms with Crippen LogP contribution in [-0.2, 0) is 0 Å². The maximum atomic E-state index is 13.0. The third-order valence-electron chi connectivity index (χ3n) is 4.51. The molecule has 0 aromatic rings. The van der Waals surface area contributed by atoms with Crippen molar-refractivity contribution in [3.63, 3.8) is 0 Å². The van der Waals surface area contributed by atoms with Gasteiger partial charge in [0.1, 0.15) is 0 Å². The van der Waals surface area contributed by atoms with E-state index in [2.05, 4.69) is 6.92 Å². The van der Waals surface area contributed by atoms with Crippen LogP contribution in [0.3, 0.4) is 0 Å². The van der Waals surface area contributed by atoms with E-state index in [4.69, 9.17) is 0 Å². The molecule has 0 amide bonds. The molecule has 0 aliphatic heterocycles. The van der Waals surface area contributed by atoms with Crippen molar-refractivity contribution < 1.29 is 18.3 Å². The highest BCUT2D eigenvalue weighted by Crippen LogP contribution is 2.47. The summed E-state index contributed by atoms with van der Waals surface area (Å²) >= 11 is 0. The molecule has 0 bridgehead atoms. The van der Waals surface area contributed by atoms with Crippen molar-refractivity contribution in [2.24, 2.45) is 11.3 Å². The first-order valence-corrected chi connectivity index (χ1v) is 6.66. The molecule has 0 aromatic heterocycles. The van der Waals surface area contributed by atoms with Crippen LogP contribution >= 0.6 is 0 Å². The molecule has 5 heteroatoms. The fourth-order valence-corrected chi connectivity index (χ4v) is 3.09. The van der Waals surface area contributed by atoms with Crippen LogP contribution in [0.5, 0.6) is 0 Å². The summed E-state index contributed by atoms with van der Waals surface area (Å²) in [4.78, 5) is 1.83. The highest BCUT2D eigenvalue weighted by molar-refractivity contribution is 4.95. The van der Waals surface area contributed by atoms with E-state index >= 15 is 0 Å². The Morgan fingerprint density at radius 1 is 1.28 bits per heavy atom. The van der Waals surface area contributed by atoms with Gasteiger partial charge in [-0.1, -0.05) is 6.92 Å². The Kier molecular flexibility index (Phi) is 3.67. The first-order valence-electron chi connectivity index (χ1n) is 6.66. The van der Waals surface area contributed by atoms with Crippen LogP contribution < -0.4 is 0 Å². The third kappa shape index (κ3) is 3.18. The second-order valence-corrected chi connectivity index (χ2v) is 6.41. The predicted molar refractivity (Wildman–Crippen MR) is 63.2 cm³/mol. The molecule has 0 aromatic carbocycles. The molecule has 2 aliphatic rings. The zero-order valence-electron chi connectivity index (χ0n) is 11.0. The monoisotopic (exact) mass is 265 g/mol. The second-order valence-electron chi connectivity index (χ2n) is 6.41. The van der Waals surface area contributed by atoms with Crippen LogP contribution in [-0.4, -0.2) is 41.9 Å². The summed E-state index contributed by atoms with van der Waals surface area (Å²) in [6.45, 7) is 2.82. The second kappa shape index (κ2) is 4.67. The number of halogens is 3. The lowest BCUT2D eigenvalue weighted by atomic mass is 9.81. The van der Waals surface area contributed by atoms with Gasteiger partial charge in [0.25, 0.3) is 0 Å². The fourth-order valence-electron chi connectivity index (χ4n) is 3.09. The van der Waals surface area contributed by atoms with Gasteiger partial charge in [0, 0.05) is 12.6 Å². The van der Waals surface area contributed by atoms with E-state index in [9.17, 15) is 18.3 Å². The molecule has 1 N–H and O–H groups in total. The van der Waals surface area contributed by atoms with E-state index in [-0.39, 0.29) is 24.7 Å². The normalized spacial score (nSPS) is 35.8. The summed E-state index contributed by atoms with van der Waals surface area (Å²) in [5.74, 6) is -1.28. The van der Waals surface area contributed by atoms with Crippen LogP contribution in [0.1, 0.15) is 39.0 Å². The maximum absolute atomic E-state index is 13.0. The molecule has 0 radical (unpaired) electrons. The molecule has 2 rings (SSSR count). The van der Waals surface area contributed by atoms with Crippen LogP contribution in [0.2, 0.25) is 0 Å². The molecule has 3 unspecified atom stereocenters. The Labute approximate surface area is 106 Å². The Bertz CT molecular complexity index is 301. The summed E-state index contributed by atoms with van der Waals surface area (Å²) in [5.41, 5.74) is 0.202. The first-order chi connectivity index (χ1) is 8.21. The van der Waals surface area contributed by atoms with Gasteiger partial charge in [-0.3, -0.25) is 0 Å². The average Bonchev–Trinajstić information content (AvgIpc) is 2.94. The van der Waals surface area contributed by atoms with Crippen molar-refractivity contribution in [3.8, 4) is 0 Å². The smallest absolute Gasteiger partial charge is 0.393 e. The molecule has 18 heavy (non-hydrogen) atoms. The Balaban J connectivity index is 2.04. The molecule has 3 atom stereocenters. The van der Waals surface area contributed by atoms with E-state index in [1.54, 1.807) is 7.05 Å². The molecule has 106 valence electrons. The molecular weight excluding hydrogens is 243 g/mol. The molecule has 0 saturated heterocycles. The minimum atomic E-state index is -4.15. The van der Waals surface area contributed by atoms with Crippen LogP contribution in [0.15, 0.2) is 0 Å². The largest absolute Gasteiger partial charge is 0.393 e. The van der Waals surface area contributed by atoms with Gasteiger partial charge in [0.2, 0.25) is 0 Å². The fraction of sp³-hybridized carbons (Fsp3) is 1.00. The zero-order chi connectivity index (χ0) is 13.6. The summed E-state index contributed by atoms with van der Waals surface area (Å²) in [6.07, 6.45) is -1.96. The summed E-state index contributed by atoms with van der Waals surface area (Å²) in [6, 6.07) is -0.564. The van der Waals surface area contributed by atoms with Gasteiger partial charge in [-0.05, 0) is 44.6 Å². The van der Waals surface area contributed by atoms with Crippen LogP contribution in [0, 0.1) is 11.3 Å². The molecule has 2 nitrogen and oxygen atoms in total. The lowest BCUT2D eigenvalue weighted by Crippen LogP contribution is -2.50. The average molecular weight is 265 g/mol. The van der Waals surface area contributed by atoms with Crippen LogP contribution in [0.25, 0.3) is 0 Å². The number of alkyl halides is 3. The van der Waals surface area contributed by atoms with Crippen molar-refractivity contribution in [2.75, 3.05) is 13.6 Å². The van der Waals surface area contributed by atoms with Gasteiger partial charge in [-0.15, -0.1) is 0 Å². The summed E-state index contributed by atoms with van der Waals surface area (Å²) in [5, 5.41) is 9.63. The molecule has 2 saturated carbocycles. The highest BCUT2D eigenvalue weighted by atomic mass is 19.4. The lowest BCUT2D eigenvalue weighted by molar-refractivity contribution is -0.204. The first kappa shape index (κ1) is 14.1. The van der Waals surface area contributed by atoms with Gasteiger partial charge >= 0.3 is 6.18 Å². The Hall–Kier alpha value is -0.290. The Morgan fingerprint density at radius 2 is 1.89 bits per heavy atom. The van der Waals surface area contributed by atoms with Gasteiger partial charge < -0.3 is 10.0 Å². The lowest BCUT2D eigenvalue weighted by Gasteiger charge is -2.41. The van der Waals surface area contributed by atoms with Crippen molar-refractivity contribution in [3.05, 3.63) is 0 Å². The zero-order valence-corrected chi connectivity index (χ0v) is 11.0. The van der Waals surface area contributed by atoms with E-state index in [1.165, 1.54) is 0 Å². The van der Waals surface area contributed by atoms with E-state index in [0.29, 0.717) is 6.54 Å². The predicted octanol–water partition coefficient (Wildman–Crippen LogP) is 2.81. The van der Waals surface area contributed by atoms with Gasteiger partial charge in [-0.25, -0.2) is 0 Å². The SMILES string of the molecule is CN(CC1(C)CC1)C1CC(O)CCC1C(F)(F)F. The van der Waals surface area contributed by atoms with Gasteiger partial charge in [-0.2, -0.15) is 13.2 Å². The summed E-state index contributed by atoms with van der Waals surface area (Å²) in [7, 11) is 1.77. The number of aliphatic hydroxyl groups excluding tert-OH is 1. The molecule has 0 spiro atoms. The number of hydrogen-bond donors (Lipinski definition) is 1. The number of rotatable bonds is 3. The van der Waals surface area contributed by atoms with Gasteiger partial charge in [0.05, 0.1) is 12.0 Å². The third-order valence-corrected chi connectivity index (χ3v) is 4.51. The number of aliphatic hydroxyl groups is 1. The van der Waals surface area contributed by atoms with Crippen molar-refractivity contribution in [1.29, 1.82) is 0 Å². The summed E-state index contributed by atoms with van der Waals surface area (Å²) < 4.78 is 39.1. The topological polar surface area (TPSA) is 23.5 Å². The molecule has 0 heterocycles. The molecular formula is C13H22F3NO. The number of nitrogens with zero attached hydrogens (tertiary/aromatic N) is 1. The van der Waals surface area contributed by atoms with Crippen molar-refractivity contribution in [2.45, 2.75) is 57.3 Å². The standard InChI is InChI=1S/C13H22F3NO/c1-12(5-6-12)8-17(2)11-7-9(18)3-4-10(11)13(14,15)16/h9-11,18H,3-8H2,1-2H3. The van der Waals surface area contributed by atoms with Crippen molar-refractivity contribution in [1.82, 2.24) is 4.90 Å². The van der Waals surface area contributed by atoms with E-state index in [1.807, 2.05) is 4.90 Å². The maximum Gasteiger partial charge on any atom is 0.393 e. The molecule has 2 fully saturated rings. The number of hydrogen-bond acceptors (Lipinski definition) is 2. The van der Waals surface area contributed by atoms with E-state index in [0.717, 1.165) is 12.8 Å². The minimum Gasteiger partial charge on any atom is -0.393 e. The minimum absolute atomic E-state index is 0.0520. The Morgan fingerprint density at radius 3 is 2.39 bits per heavy atom. The van der Waals surface area contributed by atoms with Crippen LogP contribution in [0.4, 0.5) is 13.2 Å². The van der Waals surface area contributed by atoms with Gasteiger partial charge in [0.15, 0.2) is 0 Å².